The second-order valence-electron chi connectivity index (χ2n) is 3.75. The maximum Gasteiger partial charge on any atom is 0.204 e. The van der Waals surface area contributed by atoms with Crippen molar-refractivity contribution < 1.29 is 0 Å². The molecule has 0 spiro atoms. The van der Waals surface area contributed by atoms with Gasteiger partial charge in [0.05, 0.1) is 0 Å². The summed E-state index contributed by atoms with van der Waals surface area (Å²) < 4.78 is 0. The average molecular weight is 257 g/mol. The van der Waals surface area contributed by atoms with Crippen LogP contribution in [0.1, 0.15) is 4.88 Å². The maximum atomic E-state index is 3.96. The number of benzene rings is 1. The van der Waals surface area contributed by atoms with Crippen molar-refractivity contribution in [1.29, 1.82) is 0 Å². The van der Waals surface area contributed by atoms with Crippen molar-refractivity contribution in [3.63, 3.8) is 0 Å². The minimum Gasteiger partial charge on any atom is -0.380 e. The minimum absolute atomic E-state index is 0.606. The van der Waals surface area contributed by atoms with Crippen molar-refractivity contribution in [2.24, 2.45) is 0 Å². The Morgan fingerprint density at radius 3 is 3.00 bits per heavy atom. The number of thiophene rings is 1. The van der Waals surface area contributed by atoms with Crippen LogP contribution in [0.3, 0.4) is 0 Å². The molecule has 3 aromatic rings. The van der Waals surface area contributed by atoms with Gasteiger partial charge in [-0.3, -0.25) is 0 Å². The van der Waals surface area contributed by atoms with Gasteiger partial charge in [-0.25, -0.2) is 0 Å². The van der Waals surface area contributed by atoms with Crippen LogP contribution in [-0.4, -0.2) is 20.6 Å². The van der Waals surface area contributed by atoms with Crippen molar-refractivity contribution in [1.82, 2.24) is 20.6 Å². The van der Waals surface area contributed by atoms with E-state index >= 15 is 0 Å². The van der Waals surface area contributed by atoms with Crippen LogP contribution < -0.4 is 5.32 Å². The van der Waals surface area contributed by atoms with E-state index in [1.54, 1.807) is 11.3 Å². The Morgan fingerprint density at radius 1 is 1.22 bits per heavy atom. The molecule has 0 amide bonds. The van der Waals surface area contributed by atoms with E-state index in [2.05, 4.69) is 43.5 Å². The van der Waals surface area contributed by atoms with E-state index < -0.39 is 0 Å². The third-order valence-electron chi connectivity index (χ3n) is 2.51. The van der Waals surface area contributed by atoms with Gasteiger partial charge >= 0.3 is 0 Å². The Kier molecular flexibility index (Phi) is 3.01. The number of aromatic nitrogens is 4. The Morgan fingerprint density at radius 2 is 2.22 bits per heavy atom. The summed E-state index contributed by atoms with van der Waals surface area (Å²) in [5.41, 5.74) is 1.99. The first-order valence-electron chi connectivity index (χ1n) is 5.52. The highest BCUT2D eigenvalue weighted by Gasteiger charge is 2.03. The van der Waals surface area contributed by atoms with E-state index in [-0.39, 0.29) is 0 Å². The number of anilines is 1. The molecule has 0 aliphatic carbocycles. The number of rotatable bonds is 4. The number of aromatic amines is 1. The molecule has 2 N–H and O–H groups in total. The molecule has 2 aromatic heterocycles. The van der Waals surface area contributed by atoms with E-state index in [1.807, 2.05) is 24.3 Å². The van der Waals surface area contributed by atoms with Crippen LogP contribution in [0.4, 0.5) is 5.69 Å². The number of nitrogens with zero attached hydrogens (tertiary/aromatic N) is 3. The Balaban J connectivity index is 1.75. The molecule has 90 valence electrons. The summed E-state index contributed by atoms with van der Waals surface area (Å²) in [6, 6.07) is 12.1. The van der Waals surface area contributed by atoms with Gasteiger partial charge in [-0.2, -0.15) is 5.21 Å². The lowest BCUT2D eigenvalue weighted by Crippen LogP contribution is -1.97. The molecule has 0 aliphatic rings. The number of nitrogens with one attached hydrogen (secondary N) is 2. The molecule has 0 saturated heterocycles. The van der Waals surface area contributed by atoms with Gasteiger partial charge in [0, 0.05) is 22.7 Å². The highest BCUT2D eigenvalue weighted by molar-refractivity contribution is 7.09. The summed E-state index contributed by atoms with van der Waals surface area (Å²) >= 11 is 1.74. The topological polar surface area (TPSA) is 66.5 Å². The molecule has 5 nitrogen and oxygen atoms in total. The predicted octanol–water partition coefficient (Wildman–Crippen LogP) is 2.54. The minimum atomic E-state index is 0.606. The Bertz CT molecular complexity index is 603. The van der Waals surface area contributed by atoms with Crippen LogP contribution in [0.25, 0.3) is 11.4 Å². The van der Waals surface area contributed by atoms with Gasteiger partial charge in [0.25, 0.3) is 0 Å². The number of hydrogen-bond donors (Lipinski definition) is 2. The molecule has 0 atom stereocenters. The maximum absolute atomic E-state index is 3.96. The fraction of sp³-hybridized carbons (Fsp3) is 0.0833. The molecular weight excluding hydrogens is 246 g/mol. The first kappa shape index (κ1) is 10.9. The van der Waals surface area contributed by atoms with Crippen LogP contribution in [0, 0.1) is 0 Å². The summed E-state index contributed by atoms with van der Waals surface area (Å²) in [6.45, 7) is 0.827. The Labute approximate surface area is 108 Å². The fourth-order valence-corrected chi connectivity index (χ4v) is 2.30. The summed E-state index contributed by atoms with van der Waals surface area (Å²) in [6.07, 6.45) is 0. The smallest absolute Gasteiger partial charge is 0.204 e. The van der Waals surface area contributed by atoms with Crippen LogP contribution >= 0.6 is 11.3 Å². The van der Waals surface area contributed by atoms with Crippen LogP contribution in [0.5, 0.6) is 0 Å². The third-order valence-corrected chi connectivity index (χ3v) is 3.39. The van der Waals surface area contributed by atoms with Crippen molar-refractivity contribution in [3.8, 4) is 11.4 Å². The third kappa shape index (κ3) is 2.38. The zero-order valence-corrected chi connectivity index (χ0v) is 10.3. The van der Waals surface area contributed by atoms with E-state index in [4.69, 9.17) is 0 Å². The lowest BCUT2D eigenvalue weighted by Gasteiger charge is -2.05. The second-order valence-corrected chi connectivity index (χ2v) is 4.78. The summed E-state index contributed by atoms with van der Waals surface area (Å²) in [4.78, 5) is 1.31. The largest absolute Gasteiger partial charge is 0.380 e. The predicted molar refractivity (Wildman–Crippen MR) is 71.3 cm³/mol. The SMILES string of the molecule is c1cc(NCc2cccs2)cc(-c2nn[nH]n2)c1. The molecule has 0 fully saturated rings. The molecule has 6 heteroatoms. The van der Waals surface area contributed by atoms with E-state index in [0.29, 0.717) is 5.82 Å². The highest BCUT2D eigenvalue weighted by Crippen LogP contribution is 2.19. The number of hydrogen-bond acceptors (Lipinski definition) is 5. The van der Waals surface area contributed by atoms with Crippen molar-refractivity contribution in [2.75, 3.05) is 5.32 Å². The van der Waals surface area contributed by atoms with Gasteiger partial charge in [0.1, 0.15) is 0 Å². The molecule has 0 bridgehead atoms. The van der Waals surface area contributed by atoms with Crippen LogP contribution in [-0.2, 0) is 6.54 Å². The highest BCUT2D eigenvalue weighted by atomic mass is 32.1. The molecule has 2 heterocycles. The normalized spacial score (nSPS) is 10.4. The average Bonchev–Trinajstić information content (AvgIpc) is 3.10. The van der Waals surface area contributed by atoms with Gasteiger partial charge in [-0.15, -0.1) is 21.5 Å². The quantitative estimate of drug-likeness (QED) is 0.753. The molecule has 1 aromatic carbocycles. The van der Waals surface area contributed by atoms with E-state index in [1.165, 1.54) is 4.88 Å². The molecular formula is C12H11N5S. The number of H-pyrrole nitrogens is 1. The summed E-state index contributed by atoms with van der Waals surface area (Å²) in [5, 5.41) is 19.4. The zero-order valence-electron chi connectivity index (χ0n) is 9.50. The molecule has 0 saturated carbocycles. The zero-order chi connectivity index (χ0) is 12.2. The first-order valence-corrected chi connectivity index (χ1v) is 6.40. The number of tetrazole rings is 1. The van der Waals surface area contributed by atoms with E-state index in [9.17, 15) is 0 Å². The summed E-state index contributed by atoms with van der Waals surface area (Å²) in [5.74, 6) is 0.606. The summed E-state index contributed by atoms with van der Waals surface area (Å²) in [7, 11) is 0. The Hall–Kier alpha value is -2.21. The van der Waals surface area contributed by atoms with Crippen molar-refractivity contribution >= 4 is 17.0 Å². The molecule has 0 unspecified atom stereocenters. The molecule has 3 rings (SSSR count). The van der Waals surface area contributed by atoms with Gasteiger partial charge < -0.3 is 5.32 Å². The lowest BCUT2D eigenvalue weighted by molar-refractivity contribution is 0.881. The fourth-order valence-electron chi connectivity index (χ4n) is 1.65. The lowest BCUT2D eigenvalue weighted by atomic mass is 10.2. The second kappa shape index (κ2) is 4.97. The molecule has 0 aliphatic heterocycles. The first-order chi connectivity index (χ1) is 8.92. The van der Waals surface area contributed by atoms with Crippen molar-refractivity contribution in [3.05, 3.63) is 46.7 Å². The molecule has 0 radical (unpaired) electrons. The van der Waals surface area contributed by atoms with Gasteiger partial charge in [-0.1, -0.05) is 18.2 Å². The van der Waals surface area contributed by atoms with Gasteiger partial charge in [0.2, 0.25) is 5.82 Å². The molecule has 18 heavy (non-hydrogen) atoms. The van der Waals surface area contributed by atoms with Crippen LogP contribution in [0.15, 0.2) is 41.8 Å². The standard InChI is InChI=1S/C12H11N5S/c1-3-9(12-14-16-17-15-12)7-10(4-1)13-8-11-5-2-6-18-11/h1-7,13H,8H2,(H,14,15,16,17). The van der Waals surface area contributed by atoms with Gasteiger partial charge in [-0.05, 0) is 28.8 Å². The monoisotopic (exact) mass is 257 g/mol. The van der Waals surface area contributed by atoms with E-state index in [0.717, 1.165) is 17.8 Å². The van der Waals surface area contributed by atoms with Crippen molar-refractivity contribution in [2.45, 2.75) is 6.54 Å². The van der Waals surface area contributed by atoms with Gasteiger partial charge in [0.15, 0.2) is 0 Å². The van der Waals surface area contributed by atoms with Crippen LogP contribution in [0.2, 0.25) is 0 Å².